The van der Waals surface area contributed by atoms with Crippen LogP contribution in [0.25, 0.3) is 11.0 Å². The predicted octanol–water partition coefficient (Wildman–Crippen LogP) is 4.69. The highest BCUT2D eigenvalue weighted by Gasteiger charge is 2.44. The molecule has 4 heterocycles. The van der Waals surface area contributed by atoms with Crippen molar-refractivity contribution < 1.29 is 13.9 Å². The van der Waals surface area contributed by atoms with Crippen LogP contribution in [0.5, 0.6) is 11.5 Å². The number of imidazole rings is 1. The predicted molar refractivity (Wildman–Crippen MR) is 161 cm³/mol. The van der Waals surface area contributed by atoms with Crippen LogP contribution in [-0.4, -0.2) is 73.9 Å². The fourth-order valence-electron chi connectivity index (χ4n) is 6.86. The number of rotatable bonds is 8. The lowest BCUT2D eigenvalue weighted by atomic mass is 9.86. The lowest BCUT2D eigenvalue weighted by Crippen LogP contribution is -2.39. The number of halogens is 1. The van der Waals surface area contributed by atoms with Crippen molar-refractivity contribution in [2.45, 2.75) is 58.2 Å². The molecule has 1 unspecified atom stereocenters. The van der Waals surface area contributed by atoms with E-state index in [9.17, 15) is 14.0 Å². The molecule has 3 fully saturated rings. The van der Waals surface area contributed by atoms with Crippen LogP contribution in [0.2, 0.25) is 0 Å². The summed E-state index contributed by atoms with van der Waals surface area (Å²) in [6.45, 7) is 8.41. The van der Waals surface area contributed by atoms with E-state index in [-0.39, 0.29) is 34.7 Å². The Morgan fingerprint density at radius 3 is 2.72 bits per heavy atom. The lowest BCUT2D eigenvalue weighted by molar-refractivity contribution is 0.0687. The van der Waals surface area contributed by atoms with Crippen molar-refractivity contribution >= 4 is 22.8 Å². The molecule has 224 valence electrons. The maximum Gasteiger partial charge on any atom is 0.323 e. The van der Waals surface area contributed by atoms with Gasteiger partial charge in [0.1, 0.15) is 17.9 Å². The molecule has 2 aromatic carbocycles. The number of anilines is 1. The van der Waals surface area contributed by atoms with Crippen molar-refractivity contribution in [3.8, 4) is 11.5 Å². The molecule has 2 saturated heterocycles. The minimum absolute atomic E-state index is 0.000857. The van der Waals surface area contributed by atoms with Gasteiger partial charge in [-0.3, -0.25) is 9.69 Å². The molecule has 0 bridgehead atoms. The van der Waals surface area contributed by atoms with Crippen LogP contribution < -0.4 is 15.3 Å². The molecule has 43 heavy (non-hydrogen) atoms. The van der Waals surface area contributed by atoms with E-state index < -0.39 is 5.82 Å². The maximum atomic E-state index is 14.4. The minimum atomic E-state index is -0.478. The van der Waals surface area contributed by atoms with Gasteiger partial charge in [-0.15, -0.1) is 0 Å². The molecule has 1 atom stereocenters. The molecule has 2 aromatic heterocycles. The van der Waals surface area contributed by atoms with E-state index in [1.165, 1.54) is 30.1 Å². The van der Waals surface area contributed by atoms with Gasteiger partial charge in [-0.2, -0.15) is 0 Å². The molecular formula is C32H36FN7O3. The molecule has 1 saturated carbocycles. The molecule has 1 spiro atoms. The third kappa shape index (κ3) is 5.49. The van der Waals surface area contributed by atoms with Crippen LogP contribution in [0.1, 0.15) is 55.5 Å². The smallest absolute Gasteiger partial charge is 0.323 e. The van der Waals surface area contributed by atoms with Gasteiger partial charge in [0, 0.05) is 43.7 Å². The quantitative estimate of drug-likeness (QED) is 0.309. The summed E-state index contributed by atoms with van der Waals surface area (Å²) in [5.74, 6) is 0.728. The second-order valence-corrected chi connectivity index (χ2v) is 12.6. The summed E-state index contributed by atoms with van der Waals surface area (Å²) in [5, 5.41) is 0. The average Bonchev–Trinajstić information content (AvgIpc) is 3.42. The van der Waals surface area contributed by atoms with Gasteiger partial charge in [0.2, 0.25) is 0 Å². The maximum absolute atomic E-state index is 14.4. The van der Waals surface area contributed by atoms with Gasteiger partial charge in [0.25, 0.3) is 5.91 Å². The Morgan fingerprint density at radius 2 is 1.91 bits per heavy atom. The van der Waals surface area contributed by atoms with Gasteiger partial charge in [0.15, 0.2) is 11.6 Å². The van der Waals surface area contributed by atoms with Crippen LogP contribution in [0, 0.1) is 11.2 Å². The van der Waals surface area contributed by atoms with E-state index in [2.05, 4.69) is 35.8 Å². The van der Waals surface area contributed by atoms with Crippen LogP contribution in [0.15, 0.2) is 53.7 Å². The van der Waals surface area contributed by atoms with Crippen molar-refractivity contribution in [2.75, 3.05) is 31.1 Å². The first-order chi connectivity index (χ1) is 20.8. The number of nitrogens with zero attached hydrogens (tertiary/aromatic N) is 5. The fourth-order valence-corrected chi connectivity index (χ4v) is 6.86. The van der Waals surface area contributed by atoms with Crippen LogP contribution in [0.4, 0.5) is 10.2 Å². The zero-order valence-electron chi connectivity index (χ0n) is 24.5. The largest absolute Gasteiger partial charge is 0.451 e. The molecule has 4 aromatic rings. The zero-order valence-corrected chi connectivity index (χ0v) is 24.5. The van der Waals surface area contributed by atoms with Gasteiger partial charge >= 0.3 is 5.69 Å². The minimum Gasteiger partial charge on any atom is -0.451 e. The van der Waals surface area contributed by atoms with Gasteiger partial charge in [-0.05, 0) is 82.0 Å². The van der Waals surface area contributed by atoms with Crippen molar-refractivity contribution in [2.24, 2.45) is 5.41 Å². The zero-order chi connectivity index (χ0) is 29.7. The Balaban J connectivity index is 1.07. The third-order valence-corrected chi connectivity index (χ3v) is 9.02. The van der Waals surface area contributed by atoms with E-state index in [4.69, 9.17) is 4.74 Å². The number of aromatic nitrogens is 4. The number of carbonyl (C=O) groups excluding carboxylic acids is 1. The number of amides is 1. The summed E-state index contributed by atoms with van der Waals surface area (Å²) in [4.78, 5) is 46.2. The van der Waals surface area contributed by atoms with Crippen molar-refractivity contribution in [1.29, 1.82) is 0 Å². The van der Waals surface area contributed by atoms with E-state index >= 15 is 0 Å². The van der Waals surface area contributed by atoms with Crippen LogP contribution in [0.3, 0.4) is 0 Å². The number of nitrogens with one attached hydrogen (secondary N) is 2. The Bertz CT molecular complexity index is 1730. The Morgan fingerprint density at radius 1 is 1.09 bits per heavy atom. The fraction of sp³-hybridized carbons (Fsp3) is 0.438. The molecule has 11 heteroatoms. The van der Waals surface area contributed by atoms with Gasteiger partial charge < -0.3 is 24.5 Å². The Labute approximate surface area is 248 Å². The number of fused-ring (bicyclic) bond motifs is 1. The summed E-state index contributed by atoms with van der Waals surface area (Å²) < 4.78 is 20.7. The van der Waals surface area contributed by atoms with E-state index in [0.29, 0.717) is 17.3 Å². The molecular weight excluding hydrogens is 549 g/mol. The molecule has 7 rings (SSSR count). The molecule has 10 nitrogen and oxygen atoms in total. The second-order valence-electron chi connectivity index (χ2n) is 12.6. The molecule has 0 radical (unpaired) electrons. The van der Waals surface area contributed by atoms with Crippen LogP contribution >= 0.6 is 0 Å². The number of carbonyl (C=O) groups is 1. The monoisotopic (exact) mass is 585 g/mol. The lowest BCUT2D eigenvalue weighted by Gasteiger charge is -2.28. The van der Waals surface area contributed by atoms with Gasteiger partial charge in [0.05, 0.1) is 22.8 Å². The molecule has 3 aliphatic rings. The van der Waals surface area contributed by atoms with Crippen molar-refractivity contribution in [1.82, 2.24) is 29.7 Å². The summed E-state index contributed by atoms with van der Waals surface area (Å²) in [6.07, 6.45) is 7.17. The normalized spacial score (nSPS) is 20.5. The molecule has 1 aliphatic carbocycles. The van der Waals surface area contributed by atoms with Gasteiger partial charge in [-0.25, -0.2) is 19.2 Å². The highest BCUT2D eigenvalue weighted by molar-refractivity contribution is 5.97. The van der Waals surface area contributed by atoms with E-state index in [1.807, 2.05) is 30.9 Å². The standard InChI is InChI=1S/C32H36FN7O3/c1-20(2)40(23-5-6-23)30(41)24-14-22(33)4-8-27(24)43-28-15-34-19-35-29(28)39-12-10-32(18-39)9-11-38(17-32)16-21-3-7-25-26(13-21)37-31(42)36-25/h3-4,7-8,13-15,19-20,23H,5-6,9-12,16-18H2,1-2H3,(H2,36,37,42). The summed E-state index contributed by atoms with van der Waals surface area (Å²) in [7, 11) is 0. The number of H-pyrrole nitrogens is 2. The van der Waals surface area contributed by atoms with E-state index in [1.54, 1.807) is 6.20 Å². The first kappa shape index (κ1) is 27.6. The van der Waals surface area contributed by atoms with E-state index in [0.717, 1.165) is 69.4 Å². The topological polar surface area (TPSA) is 110 Å². The summed E-state index contributed by atoms with van der Waals surface area (Å²) in [5.41, 5.74) is 2.97. The number of hydrogen-bond donors (Lipinski definition) is 2. The summed E-state index contributed by atoms with van der Waals surface area (Å²) >= 11 is 0. The first-order valence-electron chi connectivity index (χ1n) is 15.1. The molecule has 2 N–H and O–H groups in total. The molecule has 2 aliphatic heterocycles. The molecule has 1 amide bonds. The highest BCUT2D eigenvalue weighted by Crippen LogP contribution is 2.44. The van der Waals surface area contributed by atoms with Crippen molar-refractivity contribution in [3.05, 3.63) is 76.4 Å². The number of benzene rings is 2. The number of likely N-dealkylation sites (tertiary alicyclic amines) is 1. The third-order valence-electron chi connectivity index (χ3n) is 9.02. The van der Waals surface area contributed by atoms with Crippen LogP contribution in [-0.2, 0) is 6.54 Å². The first-order valence-corrected chi connectivity index (χ1v) is 15.1. The summed E-state index contributed by atoms with van der Waals surface area (Å²) in [6, 6.07) is 10.4. The number of aromatic amines is 2. The highest BCUT2D eigenvalue weighted by atomic mass is 19.1. The SMILES string of the molecule is CC(C)N(C(=O)c1cc(F)ccc1Oc1cncnc1N1CCC2(CCN(Cc3ccc4[nH]c(=O)[nH]c4c3)C2)C1)C1CC1. The number of ether oxygens (including phenoxy) is 1. The van der Waals surface area contributed by atoms with Gasteiger partial charge in [-0.1, -0.05) is 6.07 Å². The number of hydrogen-bond acceptors (Lipinski definition) is 7. The average molecular weight is 586 g/mol. The Kier molecular flexibility index (Phi) is 6.92. The van der Waals surface area contributed by atoms with Crippen molar-refractivity contribution in [3.63, 3.8) is 0 Å². The Hall–Kier alpha value is -4.25. The second kappa shape index (κ2) is 10.8.